The lowest BCUT2D eigenvalue weighted by Gasteiger charge is -2.14. The molecule has 0 spiro atoms. The molecule has 0 bridgehead atoms. The first-order valence-electron chi connectivity index (χ1n) is 4.22. The van der Waals surface area contributed by atoms with Gasteiger partial charge in [-0.15, -0.1) is 0 Å². The summed E-state index contributed by atoms with van der Waals surface area (Å²) in [7, 11) is 0. The van der Waals surface area contributed by atoms with Crippen molar-refractivity contribution < 1.29 is 14.6 Å². The molecular weight excluding hydrogens is 158 g/mol. The van der Waals surface area contributed by atoms with Crippen molar-refractivity contribution in [1.29, 1.82) is 0 Å². The van der Waals surface area contributed by atoms with Gasteiger partial charge >= 0.3 is 0 Å². The maximum atomic E-state index is 8.41. The summed E-state index contributed by atoms with van der Waals surface area (Å²) >= 11 is 0. The molecule has 0 saturated carbocycles. The lowest BCUT2D eigenvalue weighted by atomic mass is 10.4. The highest BCUT2D eigenvalue weighted by molar-refractivity contribution is 4.53. The number of hydrogen-bond acceptors (Lipinski definition) is 4. The monoisotopic (exact) mass is 177 g/mol. The molecule has 0 amide bonds. The molecule has 0 fully saturated rings. The average molecular weight is 177 g/mol. The highest BCUT2D eigenvalue weighted by atomic mass is 16.5. The number of ether oxygens (including phenoxy) is 2. The second kappa shape index (κ2) is 7.49. The van der Waals surface area contributed by atoms with E-state index in [4.69, 9.17) is 20.3 Å². The number of rotatable bonds is 7. The Kier molecular flexibility index (Phi) is 7.39. The maximum absolute atomic E-state index is 8.41. The minimum absolute atomic E-state index is 0.0440. The fourth-order valence-electron chi connectivity index (χ4n) is 0.678. The summed E-state index contributed by atoms with van der Waals surface area (Å²) in [4.78, 5) is 0. The van der Waals surface area contributed by atoms with Crippen molar-refractivity contribution in [2.45, 2.75) is 26.0 Å². The largest absolute Gasteiger partial charge is 0.394 e. The summed E-state index contributed by atoms with van der Waals surface area (Å²) in [5.74, 6) is 0. The van der Waals surface area contributed by atoms with Gasteiger partial charge in [-0.25, -0.2) is 0 Å². The molecule has 2 unspecified atom stereocenters. The van der Waals surface area contributed by atoms with E-state index < -0.39 is 0 Å². The third kappa shape index (κ3) is 7.94. The van der Waals surface area contributed by atoms with Crippen LogP contribution in [0.25, 0.3) is 0 Å². The Labute approximate surface area is 73.7 Å². The van der Waals surface area contributed by atoms with Crippen molar-refractivity contribution in [3.05, 3.63) is 0 Å². The van der Waals surface area contributed by atoms with Crippen LogP contribution in [-0.4, -0.2) is 43.7 Å². The highest BCUT2D eigenvalue weighted by Crippen LogP contribution is 1.92. The van der Waals surface area contributed by atoms with Gasteiger partial charge in [0.25, 0.3) is 0 Å². The second-order valence-electron chi connectivity index (χ2n) is 2.92. The van der Waals surface area contributed by atoms with Crippen molar-refractivity contribution in [3.8, 4) is 0 Å². The molecule has 2 atom stereocenters. The van der Waals surface area contributed by atoms with E-state index in [-0.39, 0.29) is 18.8 Å². The third-order valence-corrected chi connectivity index (χ3v) is 1.23. The fraction of sp³-hybridized carbons (Fsp3) is 1.00. The zero-order valence-corrected chi connectivity index (χ0v) is 7.82. The zero-order chi connectivity index (χ0) is 9.40. The second-order valence-corrected chi connectivity index (χ2v) is 2.92. The van der Waals surface area contributed by atoms with Crippen LogP contribution in [0.3, 0.4) is 0 Å². The minimum atomic E-state index is 0.0440. The number of nitrogens with two attached hydrogens (primary N) is 1. The van der Waals surface area contributed by atoms with Gasteiger partial charge in [-0.1, -0.05) is 0 Å². The van der Waals surface area contributed by atoms with Gasteiger partial charge in [-0.05, 0) is 13.8 Å². The van der Waals surface area contributed by atoms with Gasteiger partial charge in [0.1, 0.15) is 0 Å². The van der Waals surface area contributed by atoms with Crippen LogP contribution in [0.15, 0.2) is 0 Å². The molecule has 0 radical (unpaired) electrons. The predicted molar refractivity (Wildman–Crippen MR) is 47.0 cm³/mol. The Balaban J connectivity index is 3.15. The van der Waals surface area contributed by atoms with Gasteiger partial charge in [0.05, 0.1) is 32.5 Å². The molecule has 0 heterocycles. The van der Waals surface area contributed by atoms with Crippen molar-refractivity contribution in [1.82, 2.24) is 0 Å². The van der Waals surface area contributed by atoms with E-state index in [0.717, 1.165) is 0 Å². The molecule has 4 nitrogen and oxygen atoms in total. The minimum Gasteiger partial charge on any atom is -0.394 e. The SMILES string of the molecule is CC(N)COC(C)COCCO. The molecule has 12 heavy (non-hydrogen) atoms. The highest BCUT2D eigenvalue weighted by Gasteiger charge is 2.02. The summed E-state index contributed by atoms with van der Waals surface area (Å²) < 4.78 is 10.4. The van der Waals surface area contributed by atoms with Crippen LogP contribution in [0.5, 0.6) is 0 Å². The summed E-state index contributed by atoms with van der Waals surface area (Å²) in [6, 6.07) is 0.0605. The van der Waals surface area contributed by atoms with Crippen molar-refractivity contribution in [2.75, 3.05) is 26.4 Å². The van der Waals surface area contributed by atoms with E-state index in [9.17, 15) is 0 Å². The first-order chi connectivity index (χ1) is 5.66. The predicted octanol–water partition coefficient (Wildman–Crippen LogP) is -0.252. The molecule has 3 N–H and O–H groups in total. The van der Waals surface area contributed by atoms with Crippen LogP contribution in [0, 0.1) is 0 Å². The molecule has 0 saturated heterocycles. The van der Waals surface area contributed by atoms with Crippen molar-refractivity contribution in [3.63, 3.8) is 0 Å². The van der Waals surface area contributed by atoms with Gasteiger partial charge in [0.15, 0.2) is 0 Å². The molecule has 0 aromatic rings. The fourth-order valence-corrected chi connectivity index (χ4v) is 0.678. The Morgan fingerprint density at radius 3 is 2.50 bits per heavy atom. The Hall–Kier alpha value is -0.160. The van der Waals surface area contributed by atoms with Crippen LogP contribution >= 0.6 is 0 Å². The summed E-state index contributed by atoms with van der Waals surface area (Å²) in [6.07, 6.45) is 0.0440. The number of hydrogen-bond donors (Lipinski definition) is 2. The van der Waals surface area contributed by atoms with Crippen molar-refractivity contribution >= 4 is 0 Å². The topological polar surface area (TPSA) is 64.7 Å². The molecule has 0 aromatic heterocycles. The van der Waals surface area contributed by atoms with Crippen LogP contribution in [0.4, 0.5) is 0 Å². The van der Waals surface area contributed by atoms with Crippen LogP contribution in [-0.2, 0) is 9.47 Å². The maximum Gasteiger partial charge on any atom is 0.0781 e. The van der Waals surface area contributed by atoms with Gasteiger partial charge in [0, 0.05) is 6.04 Å². The Morgan fingerprint density at radius 2 is 2.00 bits per heavy atom. The van der Waals surface area contributed by atoms with Gasteiger partial charge in [-0.2, -0.15) is 0 Å². The van der Waals surface area contributed by atoms with E-state index in [1.807, 2.05) is 13.8 Å². The Morgan fingerprint density at radius 1 is 1.33 bits per heavy atom. The summed E-state index contributed by atoms with van der Waals surface area (Å²) in [5, 5.41) is 8.41. The molecule has 0 aromatic carbocycles. The number of aliphatic hydroxyl groups is 1. The van der Waals surface area contributed by atoms with E-state index in [1.165, 1.54) is 0 Å². The van der Waals surface area contributed by atoms with Crippen LogP contribution in [0.2, 0.25) is 0 Å². The first-order valence-corrected chi connectivity index (χ1v) is 4.22. The Bertz CT molecular complexity index is 98.3. The standard InChI is InChI=1S/C8H19NO3/c1-7(9)5-12-8(2)6-11-4-3-10/h7-8,10H,3-6,9H2,1-2H3. The molecule has 74 valence electrons. The molecule has 0 aliphatic heterocycles. The smallest absolute Gasteiger partial charge is 0.0781 e. The zero-order valence-electron chi connectivity index (χ0n) is 7.82. The normalized spacial score (nSPS) is 16.0. The molecule has 0 aliphatic rings. The molecule has 4 heteroatoms. The lowest BCUT2D eigenvalue weighted by Crippen LogP contribution is -2.27. The molecule has 0 aliphatic carbocycles. The van der Waals surface area contributed by atoms with E-state index in [0.29, 0.717) is 19.8 Å². The first kappa shape index (κ1) is 11.8. The summed E-state index contributed by atoms with van der Waals surface area (Å²) in [6.45, 7) is 5.28. The van der Waals surface area contributed by atoms with Crippen LogP contribution in [0.1, 0.15) is 13.8 Å². The molecule has 0 rings (SSSR count). The van der Waals surface area contributed by atoms with E-state index >= 15 is 0 Å². The average Bonchev–Trinajstić information content (AvgIpc) is 2.01. The third-order valence-electron chi connectivity index (χ3n) is 1.23. The number of aliphatic hydroxyl groups excluding tert-OH is 1. The lowest BCUT2D eigenvalue weighted by molar-refractivity contribution is -0.0174. The van der Waals surface area contributed by atoms with E-state index in [2.05, 4.69) is 0 Å². The summed E-state index contributed by atoms with van der Waals surface area (Å²) in [5.41, 5.74) is 5.49. The van der Waals surface area contributed by atoms with Gasteiger partial charge in [-0.3, -0.25) is 0 Å². The van der Waals surface area contributed by atoms with Gasteiger partial charge in [0.2, 0.25) is 0 Å². The van der Waals surface area contributed by atoms with Crippen LogP contribution < -0.4 is 5.73 Å². The van der Waals surface area contributed by atoms with Crippen molar-refractivity contribution in [2.24, 2.45) is 5.73 Å². The van der Waals surface area contributed by atoms with E-state index in [1.54, 1.807) is 0 Å². The molecular formula is C8H19NO3. The quantitative estimate of drug-likeness (QED) is 0.526. The van der Waals surface area contributed by atoms with Gasteiger partial charge < -0.3 is 20.3 Å².